The highest BCUT2D eigenvalue weighted by atomic mass is 79.9. The van der Waals surface area contributed by atoms with Crippen molar-refractivity contribution in [3.63, 3.8) is 0 Å². The summed E-state index contributed by atoms with van der Waals surface area (Å²) in [7, 11) is 1.45. The van der Waals surface area contributed by atoms with Crippen molar-refractivity contribution >= 4 is 55.3 Å². The summed E-state index contributed by atoms with van der Waals surface area (Å²) < 4.78 is 7.79. The number of aromatic nitrogens is 1. The van der Waals surface area contributed by atoms with Crippen LogP contribution in [-0.4, -0.2) is 22.8 Å². The molecule has 26 heavy (non-hydrogen) atoms. The molecule has 3 rings (SSSR count). The number of ether oxygens (including phenoxy) is 1. The topological polar surface area (TPSA) is 68.5 Å². The molecule has 0 bridgehead atoms. The maximum Gasteiger partial charge on any atom is 0.323 e. The number of nitrogens with zero attached hydrogens (tertiary/aromatic N) is 1. The standard InChI is InChI=1S/C19H17BrClNO4/c1-9(2)11-7-15-12(6-13(11)20)18(25)10-4-5-14(21)19(26-3)17(10)22(15)8-16(23)24/h4-7,9H,8H2,1-3H3,(H,23,24). The summed E-state index contributed by atoms with van der Waals surface area (Å²) in [6.07, 6.45) is 0. The number of methoxy groups -OCH3 is 1. The molecule has 7 heteroatoms. The Morgan fingerprint density at radius 1 is 1.31 bits per heavy atom. The van der Waals surface area contributed by atoms with Crippen LogP contribution >= 0.6 is 27.5 Å². The van der Waals surface area contributed by atoms with Crippen LogP contribution in [0.2, 0.25) is 5.02 Å². The van der Waals surface area contributed by atoms with Crippen molar-refractivity contribution in [3.8, 4) is 5.75 Å². The quantitative estimate of drug-likeness (QED) is 0.595. The van der Waals surface area contributed by atoms with Crippen LogP contribution in [0, 0.1) is 0 Å². The van der Waals surface area contributed by atoms with Crippen molar-refractivity contribution in [2.45, 2.75) is 26.3 Å². The normalized spacial score (nSPS) is 11.5. The van der Waals surface area contributed by atoms with Gasteiger partial charge in [-0.2, -0.15) is 0 Å². The van der Waals surface area contributed by atoms with Gasteiger partial charge in [0.15, 0.2) is 11.2 Å². The molecule has 0 aliphatic heterocycles. The van der Waals surface area contributed by atoms with Gasteiger partial charge in [0.05, 0.1) is 28.6 Å². The van der Waals surface area contributed by atoms with Crippen LogP contribution in [0.3, 0.4) is 0 Å². The number of halogens is 2. The number of fused-ring (bicyclic) bond motifs is 2. The van der Waals surface area contributed by atoms with Crippen molar-refractivity contribution in [3.05, 3.63) is 49.5 Å². The van der Waals surface area contributed by atoms with Crippen molar-refractivity contribution in [2.24, 2.45) is 0 Å². The third-order valence-electron chi connectivity index (χ3n) is 4.37. The second kappa shape index (κ2) is 6.93. The molecule has 3 aromatic rings. The summed E-state index contributed by atoms with van der Waals surface area (Å²) in [5.41, 5.74) is 1.72. The molecule has 1 aromatic heterocycles. The van der Waals surface area contributed by atoms with Crippen LogP contribution in [0.4, 0.5) is 0 Å². The SMILES string of the molecule is COc1c(Cl)ccc2c(=O)c3cc(Br)c(C(C)C)cc3n(CC(=O)O)c12. The molecule has 1 heterocycles. The number of carboxylic acids is 1. The lowest BCUT2D eigenvalue weighted by molar-refractivity contribution is -0.137. The van der Waals surface area contributed by atoms with E-state index in [9.17, 15) is 14.7 Å². The summed E-state index contributed by atoms with van der Waals surface area (Å²) in [6, 6.07) is 6.79. The lowest BCUT2D eigenvalue weighted by Crippen LogP contribution is -2.17. The largest absolute Gasteiger partial charge is 0.493 e. The van der Waals surface area contributed by atoms with Gasteiger partial charge >= 0.3 is 5.97 Å². The zero-order valence-electron chi connectivity index (χ0n) is 14.5. The average molecular weight is 439 g/mol. The maximum atomic E-state index is 13.1. The molecule has 0 fully saturated rings. The Morgan fingerprint density at radius 3 is 2.58 bits per heavy atom. The van der Waals surface area contributed by atoms with Gasteiger partial charge in [0.25, 0.3) is 0 Å². The van der Waals surface area contributed by atoms with Gasteiger partial charge < -0.3 is 14.4 Å². The first-order valence-electron chi connectivity index (χ1n) is 8.00. The minimum Gasteiger partial charge on any atom is -0.493 e. The Bertz CT molecular complexity index is 1100. The molecular weight excluding hydrogens is 422 g/mol. The lowest BCUT2D eigenvalue weighted by atomic mass is 10.00. The molecule has 0 aliphatic carbocycles. The Labute approximate surface area is 163 Å². The molecule has 5 nitrogen and oxygen atoms in total. The number of benzene rings is 2. The number of hydrogen-bond acceptors (Lipinski definition) is 3. The fraction of sp³-hybridized carbons (Fsp3) is 0.263. The van der Waals surface area contributed by atoms with Gasteiger partial charge in [-0.15, -0.1) is 0 Å². The van der Waals surface area contributed by atoms with Crippen LogP contribution < -0.4 is 10.2 Å². The number of hydrogen-bond donors (Lipinski definition) is 1. The molecule has 0 aliphatic rings. The first-order chi connectivity index (χ1) is 12.3. The van der Waals surface area contributed by atoms with E-state index in [1.165, 1.54) is 7.11 Å². The third-order valence-corrected chi connectivity index (χ3v) is 5.35. The summed E-state index contributed by atoms with van der Waals surface area (Å²) in [4.78, 5) is 24.6. The minimum atomic E-state index is -1.02. The number of carbonyl (C=O) groups is 1. The fourth-order valence-electron chi connectivity index (χ4n) is 3.18. The van der Waals surface area contributed by atoms with Gasteiger partial charge in [-0.1, -0.05) is 41.4 Å². The number of rotatable bonds is 4. The van der Waals surface area contributed by atoms with E-state index in [1.807, 2.05) is 19.9 Å². The molecule has 0 amide bonds. The maximum absolute atomic E-state index is 13.1. The Balaban J connectivity index is 2.63. The third kappa shape index (κ3) is 2.97. The van der Waals surface area contributed by atoms with Crippen LogP contribution in [-0.2, 0) is 11.3 Å². The fourth-order valence-corrected chi connectivity index (χ4v) is 4.21. The monoisotopic (exact) mass is 437 g/mol. The van der Waals surface area contributed by atoms with Crippen LogP contribution in [0.1, 0.15) is 25.3 Å². The molecule has 0 saturated heterocycles. The molecular formula is C19H17BrClNO4. The minimum absolute atomic E-state index is 0.192. The van der Waals surface area contributed by atoms with E-state index in [0.717, 1.165) is 10.0 Å². The Morgan fingerprint density at radius 2 is 2.00 bits per heavy atom. The van der Waals surface area contributed by atoms with Gasteiger partial charge in [-0.25, -0.2) is 0 Å². The van der Waals surface area contributed by atoms with E-state index in [0.29, 0.717) is 32.6 Å². The van der Waals surface area contributed by atoms with Gasteiger partial charge in [0, 0.05) is 9.86 Å². The second-order valence-corrected chi connectivity index (χ2v) is 7.59. The van der Waals surface area contributed by atoms with Crippen LogP contribution in [0.25, 0.3) is 21.8 Å². The van der Waals surface area contributed by atoms with E-state index >= 15 is 0 Å². The van der Waals surface area contributed by atoms with E-state index < -0.39 is 5.97 Å². The lowest BCUT2D eigenvalue weighted by Gasteiger charge is -2.18. The number of pyridine rings is 1. The molecule has 0 spiro atoms. The Hall–Kier alpha value is -2.05. The van der Waals surface area contributed by atoms with E-state index in [4.69, 9.17) is 16.3 Å². The number of carboxylic acid groups (broad SMARTS) is 1. The zero-order chi connectivity index (χ0) is 19.2. The van der Waals surface area contributed by atoms with Gasteiger partial charge in [-0.3, -0.25) is 9.59 Å². The van der Waals surface area contributed by atoms with Crippen molar-refractivity contribution in [1.82, 2.24) is 4.57 Å². The van der Waals surface area contributed by atoms with E-state index in [1.54, 1.807) is 22.8 Å². The van der Waals surface area contributed by atoms with Crippen molar-refractivity contribution in [2.75, 3.05) is 7.11 Å². The first kappa shape index (κ1) is 18.7. The second-order valence-electron chi connectivity index (χ2n) is 6.33. The van der Waals surface area contributed by atoms with Crippen LogP contribution in [0.5, 0.6) is 5.75 Å². The summed E-state index contributed by atoms with van der Waals surface area (Å²) in [6.45, 7) is 3.75. The van der Waals surface area contributed by atoms with Crippen LogP contribution in [0.15, 0.2) is 33.5 Å². The summed E-state index contributed by atoms with van der Waals surface area (Å²) >= 11 is 9.75. The van der Waals surface area contributed by atoms with Gasteiger partial charge in [0.2, 0.25) is 0 Å². The highest BCUT2D eigenvalue weighted by molar-refractivity contribution is 9.10. The van der Waals surface area contributed by atoms with Gasteiger partial charge in [0.1, 0.15) is 6.54 Å². The predicted molar refractivity (Wildman–Crippen MR) is 107 cm³/mol. The molecule has 0 saturated carbocycles. The summed E-state index contributed by atoms with van der Waals surface area (Å²) in [5, 5.41) is 10.6. The van der Waals surface area contributed by atoms with Crippen molar-refractivity contribution in [1.29, 1.82) is 0 Å². The molecule has 136 valence electrons. The zero-order valence-corrected chi connectivity index (χ0v) is 16.8. The highest BCUT2D eigenvalue weighted by Gasteiger charge is 2.20. The highest BCUT2D eigenvalue weighted by Crippen LogP contribution is 2.36. The number of aliphatic carboxylic acids is 1. The van der Waals surface area contributed by atoms with E-state index in [2.05, 4.69) is 15.9 Å². The Kier molecular flexibility index (Phi) is 4.99. The molecule has 0 radical (unpaired) electrons. The molecule has 1 N–H and O–H groups in total. The molecule has 0 atom stereocenters. The smallest absolute Gasteiger partial charge is 0.323 e. The molecule has 2 aromatic carbocycles. The van der Waals surface area contributed by atoms with E-state index in [-0.39, 0.29) is 17.9 Å². The average Bonchev–Trinajstić information content (AvgIpc) is 2.57. The van der Waals surface area contributed by atoms with Gasteiger partial charge in [-0.05, 0) is 35.7 Å². The summed E-state index contributed by atoms with van der Waals surface area (Å²) in [5.74, 6) is -0.537. The van der Waals surface area contributed by atoms with Crippen molar-refractivity contribution < 1.29 is 14.6 Å². The first-order valence-corrected chi connectivity index (χ1v) is 9.17. The predicted octanol–water partition coefficient (Wildman–Crippen LogP) is 4.79. The molecule has 0 unspecified atom stereocenters.